The quantitative estimate of drug-likeness (QED) is 0.555. The first-order valence-corrected chi connectivity index (χ1v) is 7.71. The van der Waals surface area contributed by atoms with Crippen LogP contribution in [0.3, 0.4) is 0 Å². The van der Waals surface area contributed by atoms with E-state index in [-0.39, 0.29) is 16.7 Å². The normalized spacial score (nSPS) is 12.0. The summed E-state index contributed by atoms with van der Waals surface area (Å²) in [6.07, 6.45) is 3.63. The zero-order valence-electron chi connectivity index (χ0n) is 13.3. The second-order valence-electron chi connectivity index (χ2n) is 5.53. The van der Waals surface area contributed by atoms with Gasteiger partial charge in [-0.3, -0.25) is 10.1 Å². The van der Waals surface area contributed by atoms with Crippen LogP contribution in [0.2, 0.25) is 0 Å². The van der Waals surface area contributed by atoms with Gasteiger partial charge >= 0.3 is 0 Å². The van der Waals surface area contributed by atoms with Gasteiger partial charge in [-0.05, 0) is 30.7 Å². The highest BCUT2D eigenvalue weighted by Gasteiger charge is 2.13. The molecular weight excluding hydrogens is 304 g/mol. The van der Waals surface area contributed by atoms with Crippen molar-refractivity contribution in [1.29, 1.82) is 0 Å². The maximum absolute atomic E-state index is 11.1. The lowest BCUT2D eigenvalue weighted by Gasteiger charge is -2.15. The third-order valence-electron chi connectivity index (χ3n) is 3.95. The molecule has 0 aliphatic heterocycles. The molecule has 3 rings (SSSR count). The molecule has 6 nitrogen and oxygen atoms in total. The number of benzene rings is 2. The van der Waals surface area contributed by atoms with Crippen molar-refractivity contribution in [1.82, 2.24) is 15.1 Å². The van der Waals surface area contributed by atoms with Gasteiger partial charge in [0.2, 0.25) is 0 Å². The Balaban J connectivity index is 1.67. The molecule has 1 N–H and O–H groups in total. The van der Waals surface area contributed by atoms with Gasteiger partial charge in [-0.1, -0.05) is 30.3 Å². The highest BCUT2D eigenvalue weighted by molar-refractivity contribution is 5.40. The van der Waals surface area contributed by atoms with Crippen LogP contribution in [0.25, 0.3) is 5.69 Å². The standard InChI is InChI=1S/C18H18N4O2/c1-14(19-13-16-5-2-3-6-18(16)22(23)24)15-7-9-17(10-8-15)21-12-4-11-20-21/h2-12,14,19H,13H2,1H3. The van der Waals surface area contributed by atoms with Crippen LogP contribution in [0.15, 0.2) is 67.0 Å². The molecule has 0 amide bonds. The number of nitrogens with one attached hydrogen (secondary N) is 1. The fraction of sp³-hybridized carbons (Fsp3) is 0.167. The fourth-order valence-corrected chi connectivity index (χ4v) is 2.56. The molecule has 0 radical (unpaired) electrons. The predicted molar refractivity (Wildman–Crippen MR) is 91.9 cm³/mol. The first-order chi connectivity index (χ1) is 11.6. The Hall–Kier alpha value is -2.99. The Morgan fingerprint density at radius 2 is 1.92 bits per heavy atom. The number of nitro groups is 1. The lowest BCUT2D eigenvalue weighted by molar-refractivity contribution is -0.385. The van der Waals surface area contributed by atoms with E-state index in [4.69, 9.17) is 0 Å². The van der Waals surface area contributed by atoms with E-state index in [0.717, 1.165) is 11.3 Å². The summed E-state index contributed by atoms with van der Waals surface area (Å²) in [5.41, 5.74) is 2.94. The maximum atomic E-state index is 11.1. The minimum atomic E-state index is -0.347. The summed E-state index contributed by atoms with van der Waals surface area (Å²) in [7, 11) is 0. The summed E-state index contributed by atoms with van der Waals surface area (Å²) >= 11 is 0. The van der Waals surface area contributed by atoms with Crippen LogP contribution in [0.5, 0.6) is 0 Å². The average molecular weight is 322 g/mol. The molecule has 6 heteroatoms. The van der Waals surface area contributed by atoms with E-state index in [2.05, 4.69) is 10.4 Å². The van der Waals surface area contributed by atoms with Crippen molar-refractivity contribution in [3.63, 3.8) is 0 Å². The first kappa shape index (κ1) is 15.9. The molecule has 0 spiro atoms. The highest BCUT2D eigenvalue weighted by Crippen LogP contribution is 2.20. The number of rotatable bonds is 6. The largest absolute Gasteiger partial charge is 0.306 e. The highest BCUT2D eigenvalue weighted by atomic mass is 16.6. The molecule has 1 heterocycles. The molecule has 1 atom stereocenters. The number of aromatic nitrogens is 2. The van der Waals surface area contributed by atoms with Crippen LogP contribution < -0.4 is 5.32 Å². The van der Waals surface area contributed by atoms with Gasteiger partial charge < -0.3 is 5.32 Å². The van der Waals surface area contributed by atoms with Crippen LogP contribution in [-0.2, 0) is 6.54 Å². The molecule has 0 aliphatic rings. The summed E-state index contributed by atoms with van der Waals surface area (Å²) in [5, 5.41) is 18.6. The topological polar surface area (TPSA) is 73.0 Å². The third-order valence-corrected chi connectivity index (χ3v) is 3.95. The van der Waals surface area contributed by atoms with Gasteiger partial charge in [-0.15, -0.1) is 0 Å². The minimum absolute atomic E-state index is 0.0801. The second kappa shape index (κ2) is 7.06. The van der Waals surface area contributed by atoms with Gasteiger partial charge in [0.1, 0.15) is 0 Å². The Morgan fingerprint density at radius 1 is 1.17 bits per heavy atom. The van der Waals surface area contributed by atoms with Crippen molar-refractivity contribution in [3.05, 3.63) is 88.2 Å². The molecule has 0 bridgehead atoms. The van der Waals surface area contributed by atoms with Crippen molar-refractivity contribution in [2.24, 2.45) is 0 Å². The Labute approximate surface area is 139 Å². The molecule has 0 aliphatic carbocycles. The van der Waals surface area contributed by atoms with E-state index in [1.165, 1.54) is 6.07 Å². The van der Waals surface area contributed by atoms with Gasteiger partial charge in [-0.25, -0.2) is 4.68 Å². The van der Waals surface area contributed by atoms with E-state index in [1.807, 2.05) is 49.5 Å². The van der Waals surface area contributed by atoms with Gasteiger partial charge in [0.05, 0.1) is 10.6 Å². The summed E-state index contributed by atoms with van der Waals surface area (Å²) in [6.45, 7) is 2.48. The van der Waals surface area contributed by atoms with Crippen LogP contribution in [0.1, 0.15) is 24.1 Å². The van der Waals surface area contributed by atoms with E-state index in [1.54, 1.807) is 23.0 Å². The van der Waals surface area contributed by atoms with Gasteiger partial charge in [-0.2, -0.15) is 5.10 Å². The second-order valence-corrected chi connectivity index (χ2v) is 5.53. The zero-order chi connectivity index (χ0) is 16.9. The van der Waals surface area contributed by atoms with E-state index >= 15 is 0 Å². The van der Waals surface area contributed by atoms with Crippen LogP contribution in [0.4, 0.5) is 5.69 Å². The summed E-state index contributed by atoms with van der Waals surface area (Å²) < 4.78 is 1.80. The lowest BCUT2D eigenvalue weighted by Crippen LogP contribution is -2.18. The van der Waals surface area contributed by atoms with E-state index in [9.17, 15) is 10.1 Å². The average Bonchev–Trinajstić information content (AvgIpc) is 3.14. The van der Waals surface area contributed by atoms with Crippen LogP contribution in [-0.4, -0.2) is 14.7 Å². The van der Waals surface area contributed by atoms with Crippen LogP contribution >= 0.6 is 0 Å². The molecule has 2 aromatic carbocycles. The molecule has 1 unspecified atom stereocenters. The first-order valence-electron chi connectivity index (χ1n) is 7.71. The molecule has 122 valence electrons. The molecule has 3 aromatic rings. The van der Waals surface area contributed by atoms with Gasteiger partial charge in [0.25, 0.3) is 5.69 Å². The van der Waals surface area contributed by atoms with Crippen LogP contribution in [0, 0.1) is 10.1 Å². The van der Waals surface area contributed by atoms with Crippen molar-refractivity contribution >= 4 is 5.69 Å². The maximum Gasteiger partial charge on any atom is 0.273 e. The summed E-state index contributed by atoms with van der Waals surface area (Å²) in [4.78, 5) is 10.7. The lowest BCUT2D eigenvalue weighted by atomic mass is 10.1. The van der Waals surface area contributed by atoms with Crippen molar-refractivity contribution < 1.29 is 4.92 Å². The van der Waals surface area contributed by atoms with E-state index < -0.39 is 0 Å². The molecule has 0 fully saturated rings. The van der Waals surface area contributed by atoms with Crippen molar-refractivity contribution in [3.8, 4) is 5.69 Å². The minimum Gasteiger partial charge on any atom is -0.306 e. The SMILES string of the molecule is CC(NCc1ccccc1[N+](=O)[O-])c1ccc(-n2cccn2)cc1. The predicted octanol–water partition coefficient (Wildman–Crippen LogP) is 3.63. The Kier molecular flexibility index (Phi) is 4.67. The smallest absolute Gasteiger partial charge is 0.273 e. The van der Waals surface area contributed by atoms with Gasteiger partial charge in [0.15, 0.2) is 0 Å². The van der Waals surface area contributed by atoms with Crippen molar-refractivity contribution in [2.45, 2.75) is 19.5 Å². The molecule has 0 saturated heterocycles. The number of nitro benzene ring substituents is 1. The molecule has 0 saturated carbocycles. The zero-order valence-corrected chi connectivity index (χ0v) is 13.3. The number of hydrogen-bond donors (Lipinski definition) is 1. The summed E-state index contributed by atoms with van der Waals surface area (Å²) in [5.74, 6) is 0. The molecule has 24 heavy (non-hydrogen) atoms. The molecule has 1 aromatic heterocycles. The Morgan fingerprint density at radius 3 is 2.58 bits per heavy atom. The Bertz CT molecular complexity index is 813. The molecular formula is C18H18N4O2. The summed E-state index contributed by atoms with van der Waals surface area (Å²) in [6, 6.07) is 16.8. The third kappa shape index (κ3) is 3.49. The van der Waals surface area contributed by atoms with Gasteiger partial charge in [0, 0.05) is 36.6 Å². The fourth-order valence-electron chi connectivity index (χ4n) is 2.56. The monoisotopic (exact) mass is 322 g/mol. The number of para-hydroxylation sites is 1. The number of hydrogen-bond acceptors (Lipinski definition) is 4. The van der Waals surface area contributed by atoms with Crippen molar-refractivity contribution in [2.75, 3.05) is 0 Å². The van der Waals surface area contributed by atoms with E-state index in [0.29, 0.717) is 12.1 Å². The number of nitrogens with zero attached hydrogens (tertiary/aromatic N) is 3.